The summed E-state index contributed by atoms with van der Waals surface area (Å²) < 4.78 is 58.9. The number of nitrogens with zero attached hydrogens (tertiary/aromatic N) is 3. The van der Waals surface area contributed by atoms with Gasteiger partial charge in [0.2, 0.25) is 5.39 Å². The van der Waals surface area contributed by atoms with Crippen LogP contribution in [-0.4, -0.2) is 31.6 Å². The average Bonchev–Trinajstić information content (AvgIpc) is 2.46. The van der Waals surface area contributed by atoms with E-state index in [0.29, 0.717) is 5.69 Å². The number of benzene rings is 1. The van der Waals surface area contributed by atoms with Crippen LogP contribution in [-0.2, 0) is 10.1 Å². The molecule has 0 aliphatic rings. The molecule has 0 radical (unpaired) electrons. The van der Waals surface area contributed by atoms with Crippen molar-refractivity contribution in [1.29, 1.82) is 5.39 Å². The summed E-state index contributed by atoms with van der Waals surface area (Å²) in [6, 6.07) is 7.65. The molecule has 6 nitrogen and oxygen atoms in total. The summed E-state index contributed by atoms with van der Waals surface area (Å²) in [6.45, 7) is 6.51. The Kier molecular flexibility index (Phi) is 8.56. The molecule has 0 atom stereocenters. The van der Waals surface area contributed by atoms with E-state index < -0.39 is 15.6 Å². The van der Waals surface area contributed by atoms with Gasteiger partial charge in [-0.15, -0.1) is 0 Å². The molecule has 0 heterocycles. The molecule has 1 aromatic rings. The van der Waals surface area contributed by atoms with Gasteiger partial charge in [-0.25, -0.2) is 8.42 Å². The fraction of sp³-hybridized carbons (Fsp3) is 0.538. The molecule has 0 amide bonds. The van der Waals surface area contributed by atoms with Gasteiger partial charge in [-0.2, -0.15) is 13.2 Å². The number of rotatable bonds is 5. The first kappa shape index (κ1) is 21.1. The summed E-state index contributed by atoms with van der Waals surface area (Å²) >= 11 is 0. The van der Waals surface area contributed by atoms with E-state index in [2.05, 4.69) is 23.7 Å². The first-order valence-electron chi connectivity index (χ1n) is 6.79. The second-order valence-electron chi connectivity index (χ2n) is 4.50. The van der Waals surface area contributed by atoms with E-state index in [1.807, 2.05) is 24.3 Å². The van der Waals surface area contributed by atoms with E-state index in [1.165, 1.54) is 5.69 Å². The largest absolute Gasteiger partial charge is 0.741 e. The highest BCUT2D eigenvalue weighted by atomic mass is 32.2. The van der Waals surface area contributed by atoms with Crippen LogP contribution >= 0.6 is 0 Å². The summed E-state index contributed by atoms with van der Waals surface area (Å²) in [6.07, 6.45) is 2.29. The van der Waals surface area contributed by atoms with Crippen molar-refractivity contribution in [3.63, 3.8) is 0 Å². The van der Waals surface area contributed by atoms with Crippen molar-refractivity contribution < 1.29 is 26.1 Å². The molecule has 0 fully saturated rings. The van der Waals surface area contributed by atoms with Crippen molar-refractivity contribution in [2.45, 2.75) is 32.2 Å². The van der Waals surface area contributed by atoms with Crippen LogP contribution in [0.1, 0.15) is 26.7 Å². The molecule has 0 N–H and O–H groups in total. The second-order valence-corrected chi connectivity index (χ2v) is 5.87. The smallest absolute Gasteiger partial charge is 0.485 e. The molecule has 0 spiro atoms. The molecule has 0 saturated carbocycles. The highest BCUT2D eigenvalue weighted by molar-refractivity contribution is 7.86. The number of anilines is 1. The Morgan fingerprint density at radius 2 is 1.52 bits per heavy atom. The van der Waals surface area contributed by atoms with Gasteiger partial charge in [0.05, 0.1) is 0 Å². The standard InChI is InChI=1S/C12H18N3.CHF3O3S/c1-3-9-15(10-4-2)12-7-5-11(14-13)6-8-12;2-1(3,4)8(5,6)7/h5-8H,3-4,9-10H2,1-2H3;(H,5,6,7)/q+1;/p-1. The highest BCUT2D eigenvalue weighted by Crippen LogP contribution is 2.21. The van der Waals surface area contributed by atoms with Gasteiger partial charge in [-0.3, -0.25) is 0 Å². The molecule has 23 heavy (non-hydrogen) atoms. The van der Waals surface area contributed by atoms with E-state index in [4.69, 9.17) is 18.4 Å². The summed E-state index contributed by atoms with van der Waals surface area (Å²) in [5.41, 5.74) is -3.84. The van der Waals surface area contributed by atoms with Crippen LogP contribution in [0.3, 0.4) is 0 Å². The Hall–Kier alpha value is -1.86. The fourth-order valence-corrected chi connectivity index (χ4v) is 1.64. The zero-order valence-corrected chi connectivity index (χ0v) is 13.6. The Labute approximate surface area is 133 Å². The molecular weight excluding hydrogens is 335 g/mol. The molecule has 0 bridgehead atoms. The Morgan fingerprint density at radius 1 is 1.13 bits per heavy atom. The third kappa shape index (κ3) is 7.80. The van der Waals surface area contributed by atoms with E-state index in [9.17, 15) is 13.2 Å². The van der Waals surface area contributed by atoms with Crippen LogP contribution < -0.4 is 4.90 Å². The maximum absolute atomic E-state index is 10.7. The van der Waals surface area contributed by atoms with Crippen molar-refractivity contribution in [2.24, 2.45) is 0 Å². The van der Waals surface area contributed by atoms with Crippen molar-refractivity contribution in [3.05, 3.63) is 29.2 Å². The molecule has 130 valence electrons. The minimum atomic E-state index is -6.09. The van der Waals surface area contributed by atoms with E-state index in [0.717, 1.165) is 25.9 Å². The average molecular weight is 353 g/mol. The highest BCUT2D eigenvalue weighted by Gasteiger charge is 2.36. The summed E-state index contributed by atoms with van der Waals surface area (Å²) in [5, 5.41) is 8.59. The van der Waals surface area contributed by atoms with Crippen molar-refractivity contribution >= 4 is 21.5 Å². The lowest BCUT2D eigenvalue weighted by atomic mass is 10.2. The molecule has 0 aliphatic carbocycles. The van der Waals surface area contributed by atoms with Gasteiger partial charge in [-0.05, 0) is 25.0 Å². The van der Waals surface area contributed by atoms with Crippen LogP contribution in [0.25, 0.3) is 4.98 Å². The van der Waals surface area contributed by atoms with Crippen molar-refractivity contribution in [2.75, 3.05) is 18.0 Å². The van der Waals surface area contributed by atoms with E-state index in [1.54, 1.807) is 0 Å². The predicted molar refractivity (Wildman–Crippen MR) is 79.7 cm³/mol. The van der Waals surface area contributed by atoms with Gasteiger partial charge in [0.1, 0.15) is 0 Å². The van der Waals surface area contributed by atoms with Crippen LogP contribution in [0, 0.1) is 5.39 Å². The van der Waals surface area contributed by atoms with E-state index in [-0.39, 0.29) is 0 Å². The van der Waals surface area contributed by atoms with E-state index >= 15 is 0 Å². The minimum absolute atomic E-state index is 0.603. The number of hydrogen-bond donors (Lipinski definition) is 0. The first-order valence-corrected chi connectivity index (χ1v) is 8.19. The minimum Gasteiger partial charge on any atom is -0.741 e. The zero-order valence-electron chi connectivity index (χ0n) is 12.7. The quantitative estimate of drug-likeness (QED) is 0.456. The van der Waals surface area contributed by atoms with Crippen LogP contribution in [0.4, 0.5) is 24.5 Å². The van der Waals surface area contributed by atoms with Gasteiger partial charge in [0.15, 0.2) is 15.1 Å². The Morgan fingerprint density at radius 3 is 1.78 bits per heavy atom. The zero-order chi connectivity index (χ0) is 18.1. The van der Waals surface area contributed by atoms with Crippen LogP contribution in [0.5, 0.6) is 0 Å². The molecule has 0 saturated heterocycles. The fourth-order valence-electron chi connectivity index (χ4n) is 1.64. The number of alkyl halides is 3. The number of hydrogen-bond acceptors (Lipinski definition) is 5. The van der Waals surface area contributed by atoms with Crippen molar-refractivity contribution in [1.82, 2.24) is 0 Å². The van der Waals surface area contributed by atoms with Crippen LogP contribution in [0.15, 0.2) is 24.3 Å². The molecule has 0 unspecified atom stereocenters. The monoisotopic (exact) mass is 353 g/mol. The maximum Gasteiger partial charge on any atom is 0.485 e. The first-order chi connectivity index (χ1) is 10.6. The molecular formula is C13H18F3N3O3S. The molecule has 0 aliphatic heterocycles. The Bertz CT molecular complexity index is 604. The number of diazo groups is 1. The molecule has 0 aromatic heterocycles. The summed E-state index contributed by atoms with van der Waals surface area (Å²) in [5.74, 6) is 0. The molecule has 1 aromatic carbocycles. The summed E-state index contributed by atoms with van der Waals surface area (Å²) in [7, 11) is -6.09. The maximum atomic E-state index is 10.7. The normalized spacial score (nSPS) is 11.2. The topological polar surface area (TPSA) is 88.6 Å². The van der Waals surface area contributed by atoms with Crippen LogP contribution in [0.2, 0.25) is 0 Å². The molecule has 1 rings (SSSR count). The predicted octanol–water partition coefficient (Wildman–Crippen LogP) is 3.85. The third-order valence-electron chi connectivity index (χ3n) is 2.60. The lowest BCUT2D eigenvalue weighted by Gasteiger charge is -2.23. The van der Waals surface area contributed by atoms with Gasteiger partial charge >= 0.3 is 11.2 Å². The SMILES string of the molecule is CCCN(CCC)c1ccc([N+]#N)cc1.O=S(=O)([O-])C(F)(F)F. The van der Waals surface area contributed by atoms with Gasteiger partial charge in [0, 0.05) is 30.9 Å². The van der Waals surface area contributed by atoms with Crippen molar-refractivity contribution in [3.8, 4) is 0 Å². The summed E-state index contributed by atoms with van der Waals surface area (Å²) in [4.78, 5) is 5.49. The lowest BCUT2D eigenvalue weighted by Crippen LogP contribution is -2.24. The third-order valence-corrected chi connectivity index (χ3v) is 3.17. The van der Waals surface area contributed by atoms with Gasteiger partial charge in [-0.1, -0.05) is 13.8 Å². The Balaban J connectivity index is 0.000000515. The molecule has 10 heteroatoms. The van der Waals surface area contributed by atoms with Gasteiger partial charge in [0.25, 0.3) is 0 Å². The lowest BCUT2D eigenvalue weighted by molar-refractivity contribution is -0.0517. The van der Waals surface area contributed by atoms with Gasteiger partial charge < -0.3 is 9.45 Å². The second kappa shape index (κ2) is 9.32. The number of halogens is 3.